The molecule has 128 valence electrons. The molecule has 0 spiro atoms. The van der Waals surface area contributed by atoms with Crippen LogP contribution >= 0.6 is 0 Å². The van der Waals surface area contributed by atoms with E-state index in [1.165, 1.54) is 0 Å². The quantitative estimate of drug-likeness (QED) is 0.880. The van der Waals surface area contributed by atoms with Gasteiger partial charge in [0.05, 0.1) is 18.6 Å². The van der Waals surface area contributed by atoms with Crippen molar-refractivity contribution in [3.05, 3.63) is 65.7 Å². The number of carbonyl (C=O) groups excluding carboxylic acids is 1. The van der Waals surface area contributed by atoms with Crippen LogP contribution in [0.1, 0.15) is 23.6 Å². The van der Waals surface area contributed by atoms with Crippen molar-refractivity contribution in [3.63, 3.8) is 0 Å². The summed E-state index contributed by atoms with van der Waals surface area (Å²) in [7, 11) is 0. The first-order valence-electron chi connectivity index (χ1n) is 8.30. The van der Waals surface area contributed by atoms with E-state index in [9.17, 15) is 10.1 Å². The van der Waals surface area contributed by atoms with Crippen molar-refractivity contribution < 1.29 is 14.3 Å². The summed E-state index contributed by atoms with van der Waals surface area (Å²) in [6, 6.07) is 18.6. The fourth-order valence-corrected chi connectivity index (χ4v) is 2.69. The van der Waals surface area contributed by atoms with Gasteiger partial charge in [-0.3, -0.25) is 4.79 Å². The van der Waals surface area contributed by atoms with Crippen molar-refractivity contribution in [2.75, 3.05) is 13.2 Å². The predicted molar refractivity (Wildman–Crippen MR) is 92.6 cm³/mol. The van der Waals surface area contributed by atoms with Crippen LogP contribution in [0.5, 0.6) is 5.75 Å². The summed E-state index contributed by atoms with van der Waals surface area (Å²) in [5.74, 6) is 0.428. The molecule has 2 atom stereocenters. The molecule has 2 aromatic rings. The van der Waals surface area contributed by atoms with E-state index >= 15 is 0 Å². The molecule has 1 heterocycles. The van der Waals surface area contributed by atoms with Crippen molar-refractivity contribution in [1.29, 1.82) is 5.26 Å². The number of nitrogens with one attached hydrogen (secondary N) is 1. The number of nitrogens with zero attached hydrogens (tertiary/aromatic N) is 1. The Kier molecular flexibility index (Phi) is 5.65. The van der Waals surface area contributed by atoms with Gasteiger partial charge < -0.3 is 14.8 Å². The number of carbonyl (C=O) groups is 1. The summed E-state index contributed by atoms with van der Waals surface area (Å²) in [5.41, 5.74) is 1.83. The first kappa shape index (κ1) is 17.0. The second kappa shape index (κ2) is 8.32. The molecule has 0 radical (unpaired) electrons. The number of hydrogen-bond acceptors (Lipinski definition) is 4. The minimum atomic E-state index is -0.670. The first-order chi connectivity index (χ1) is 12.3. The van der Waals surface area contributed by atoms with E-state index in [0.29, 0.717) is 26.2 Å². The van der Waals surface area contributed by atoms with E-state index in [4.69, 9.17) is 9.47 Å². The standard InChI is InChI=1S/C20H20N2O3/c21-12-19(22-20(23)17-10-11-24-14-17)16-6-8-18(9-7-16)25-13-15-4-2-1-3-5-15/h1-9,17,19H,10-11,13-14H2,(H,22,23)/t17-,19+/m0/s1. The van der Waals surface area contributed by atoms with Crippen LogP contribution in [0.4, 0.5) is 0 Å². The van der Waals surface area contributed by atoms with Gasteiger partial charge in [0.1, 0.15) is 18.4 Å². The maximum Gasteiger partial charge on any atom is 0.226 e. The molecule has 5 nitrogen and oxygen atoms in total. The van der Waals surface area contributed by atoms with Gasteiger partial charge in [0.2, 0.25) is 5.91 Å². The monoisotopic (exact) mass is 336 g/mol. The smallest absolute Gasteiger partial charge is 0.226 e. The molecule has 0 aliphatic carbocycles. The average molecular weight is 336 g/mol. The molecule has 1 fully saturated rings. The van der Waals surface area contributed by atoms with E-state index in [2.05, 4.69) is 11.4 Å². The van der Waals surface area contributed by atoms with Gasteiger partial charge in [-0.1, -0.05) is 42.5 Å². The second-order valence-corrected chi connectivity index (χ2v) is 5.97. The molecule has 1 aliphatic heterocycles. The lowest BCUT2D eigenvalue weighted by molar-refractivity contribution is -0.125. The average Bonchev–Trinajstić information content (AvgIpc) is 3.20. The number of ether oxygens (including phenoxy) is 2. The van der Waals surface area contributed by atoms with Crippen LogP contribution in [0, 0.1) is 17.2 Å². The van der Waals surface area contributed by atoms with Crippen LogP contribution in [0.15, 0.2) is 54.6 Å². The van der Waals surface area contributed by atoms with Crippen molar-refractivity contribution >= 4 is 5.91 Å². The second-order valence-electron chi connectivity index (χ2n) is 5.97. The number of amides is 1. The van der Waals surface area contributed by atoms with Crippen LogP contribution in [0.3, 0.4) is 0 Å². The number of hydrogen-bond donors (Lipinski definition) is 1. The fraction of sp³-hybridized carbons (Fsp3) is 0.300. The summed E-state index contributed by atoms with van der Waals surface area (Å²) in [5, 5.41) is 12.1. The fourth-order valence-electron chi connectivity index (χ4n) is 2.69. The lowest BCUT2D eigenvalue weighted by Crippen LogP contribution is -2.33. The highest BCUT2D eigenvalue weighted by Gasteiger charge is 2.25. The first-order valence-corrected chi connectivity index (χ1v) is 8.30. The zero-order chi connectivity index (χ0) is 17.5. The summed E-state index contributed by atoms with van der Waals surface area (Å²) >= 11 is 0. The molecule has 0 saturated carbocycles. The molecular formula is C20H20N2O3. The molecule has 0 aromatic heterocycles. The van der Waals surface area contributed by atoms with Gasteiger partial charge in [-0.25, -0.2) is 0 Å². The lowest BCUT2D eigenvalue weighted by atomic mass is 10.0. The van der Waals surface area contributed by atoms with Gasteiger partial charge in [-0.15, -0.1) is 0 Å². The highest BCUT2D eigenvalue weighted by atomic mass is 16.5. The molecule has 0 bridgehead atoms. The molecular weight excluding hydrogens is 316 g/mol. The summed E-state index contributed by atoms with van der Waals surface area (Å²) in [6.45, 7) is 1.51. The van der Waals surface area contributed by atoms with Gasteiger partial charge in [-0.05, 0) is 29.7 Å². The third-order valence-corrected chi connectivity index (χ3v) is 4.18. The van der Waals surface area contributed by atoms with Crippen LogP contribution in [-0.2, 0) is 16.1 Å². The van der Waals surface area contributed by atoms with E-state index in [-0.39, 0.29) is 11.8 Å². The largest absolute Gasteiger partial charge is 0.489 e. The molecule has 3 rings (SSSR count). The van der Waals surface area contributed by atoms with Crippen molar-refractivity contribution in [1.82, 2.24) is 5.32 Å². The van der Waals surface area contributed by atoms with E-state index in [1.54, 1.807) is 12.1 Å². The topological polar surface area (TPSA) is 71.4 Å². The van der Waals surface area contributed by atoms with Crippen LogP contribution in [0.2, 0.25) is 0 Å². The molecule has 2 aromatic carbocycles. The molecule has 1 saturated heterocycles. The van der Waals surface area contributed by atoms with Gasteiger partial charge in [0.15, 0.2) is 0 Å². The van der Waals surface area contributed by atoms with Gasteiger partial charge in [0, 0.05) is 6.61 Å². The Morgan fingerprint density at radius 1 is 1.24 bits per heavy atom. The van der Waals surface area contributed by atoms with Crippen molar-refractivity contribution in [2.24, 2.45) is 5.92 Å². The minimum Gasteiger partial charge on any atom is -0.489 e. The zero-order valence-corrected chi connectivity index (χ0v) is 13.9. The predicted octanol–water partition coefficient (Wildman–Crippen LogP) is 2.98. The number of benzene rings is 2. The Bertz CT molecular complexity index is 732. The van der Waals surface area contributed by atoms with Gasteiger partial charge in [0.25, 0.3) is 0 Å². The molecule has 25 heavy (non-hydrogen) atoms. The maximum absolute atomic E-state index is 12.1. The molecule has 0 unspecified atom stereocenters. The van der Waals surface area contributed by atoms with Crippen molar-refractivity contribution in [2.45, 2.75) is 19.1 Å². The van der Waals surface area contributed by atoms with Gasteiger partial charge in [-0.2, -0.15) is 5.26 Å². The van der Waals surface area contributed by atoms with Crippen molar-refractivity contribution in [3.8, 4) is 11.8 Å². The minimum absolute atomic E-state index is 0.131. The Hall–Kier alpha value is -2.84. The van der Waals surface area contributed by atoms with Gasteiger partial charge >= 0.3 is 0 Å². The SMILES string of the molecule is N#C[C@@H](NC(=O)[C@H]1CCOC1)c1ccc(OCc2ccccc2)cc1. The normalized spacial score (nSPS) is 17.5. The molecule has 5 heteroatoms. The molecule has 1 N–H and O–H groups in total. The van der Waals surface area contributed by atoms with E-state index in [0.717, 1.165) is 16.9 Å². The number of rotatable bonds is 6. The Morgan fingerprint density at radius 3 is 2.64 bits per heavy atom. The summed E-state index contributed by atoms with van der Waals surface area (Å²) in [4.78, 5) is 12.1. The highest BCUT2D eigenvalue weighted by Crippen LogP contribution is 2.20. The third-order valence-electron chi connectivity index (χ3n) is 4.18. The molecule has 1 aliphatic rings. The summed E-state index contributed by atoms with van der Waals surface area (Å²) in [6.07, 6.45) is 0.705. The Morgan fingerprint density at radius 2 is 2.00 bits per heavy atom. The Balaban J connectivity index is 1.58. The summed E-state index contributed by atoms with van der Waals surface area (Å²) < 4.78 is 11.0. The maximum atomic E-state index is 12.1. The highest BCUT2D eigenvalue weighted by molar-refractivity contribution is 5.79. The van der Waals surface area contributed by atoms with Crippen LogP contribution in [-0.4, -0.2) is 19.1 Å². The zero-order valence-electron chi connectivity index (χ0n) is 13.9. The Labute approximate surface area is 147 Å². The number of nitriles is 1. The van der Waals surface area contributed by atoms with Crippen LogP contribution < -0.4 is 10.1 Å². The van der Waals surface area contributed by atoms with Crippen LogP contribution in [0.25, 0.3) is 0 Å². The van der Waals surface area contributed by atoms with E-state index < -0.39 is 6.04 Å². The molecule has 1 amide bonds. The third kappa shape index (κ3) is 4.59. The lowest BCUT2D eigenvalue weighted by Gasteiger charge is -2.15. The van der Waals surface area contributed by atoms with E-state index in [1.807, 2.05) is 42.5 Å².